The van der Waals surface area contributed by atoms with E-state index < -0.39 is 0 Å². The van der Waals surface area contributed by atoms with Crippen molar-refractivity contribution >= 4 is 11.8 Å². The molecule has 34 heavy (non-hydrogen) atoms. The maximum atomic E-state index is 11.6. The van der Waals surface area contributed by atoms with Crippen LogP contribution < -0.4 is 14.4 Å². The molecule has 0 radical (unpaired) electrons. The molecule has 0 bridgehead atoms. The lowest BCUT2D eigenvalue weighted by molar-refractivity contribution is -0.145. The van der Waals surface area contributed by atoms with Crippen molar-refractivity contribution in [3.05, 3.63) is 65.5 Å². The summed E-state index contributed by atoms with van der Waals surface area (Å²) in [5.41, 5.74) is 5.08. The van der Waals surface area contributed by atoms with Crippen molar-refractivity contribution in [2.75, 3.05) is 31.8 Å². The molecular formula is C27H33N3O4. The third kappa shape index (κ3) is 6.25. The molecule has 0 fully saturated rings. The van der Waals surface area contributed by atoms with E-state index in [0.29, 0.717) is 18.9 Å². The molecule has 0 saturated heterocycles. The first kappa shape index (κ1) is 25.0. The molecule has 3 rings (SSSR count). The highest BCUT2D eigenvalue weighted by Gasteiger charge is 2.16. The van der Waals surface area contributed by atoms with Gasteiger partial charge in [-0.25, -0.2) is 14.8 Å². The largest absolute Gasteiger partial charge is 0.497 e. The summed E-state index contributed by atoms with van der Waals surface area (Å²) in [6.07, 6.45) is 2.61. The fourth-order valence-electron chi connectivity index (χ4n) is 3.86. The third-order valence-corrected chi connectivity index (χ3v) is 5.48. The van der Waals surface area contributed by atoms with Crippen LogP contribution in [0.25, 0.3) is 11.3 Å². The second-order valence-corrected chi connectivity index (χ2v) is 8.01. The van der Waals surface area contributed by atoms with Crippen molar-refractivity contribution < 1.29 is 19.0 Å². The molecular weight excluding hydrogens is 430 g/mol. The van der Waals surface area contributed by atoms with Gasteiger partial charge in [0.2, 0.25) is 0 Å². The first-order valence-electron chi connectivity index (χ1n) is 11.6. The third-order valence-electron chi connectivity index (χ3n) is 5.48. The number of aromatic nitrogens is 2. The summed E-state index contributed by atoms with van der Waals surface area (Å²) in [5.74, 6) is 2.04. The van der Waals surface area contributed by atoms with E-state index in [9.17, 15) is 4.79 Å². The summed E-state index contributed by atoms with van der Waals surface area (Å²) in [6, 6.07) is 13.9. The Morgan fingerprint density at radius 2 is 1.79 bits per heavy atom. The number of nitrogens with zero attached hydrogens (tertiary/aromatic N) is 3. The number of ether oxygens (including phenoxy) is 3. The first-order chi connectivity index (χ1) is 16.5. The van der Waals surface area contributed by atoms with E-state index in [2.05, 4.69) is 34.8 Å². The van der Waals surface area contributed by atoms with Crippen LogP contribution in [0.4, 0.5) is 5.82 Å². The van der Waals surface area contributed by atoms with Crippen molar-refractivity contribution in [1.29, 1.82) is 0 Å². The van der Waals surface area contributed by atoms with Crippen molar-refractivity contribution in [3.8, 4) is 22.8 Å². The zero-order valence-electron chi connectivity index (χ0n) is 20.6. The molecule has 7 heteroatoms. The van der Waals surface area contributed by atoms with Crippen molar-refractivity contribution in [3.63, 3.8) is 0 Å². The minimum Gasteiger partial charge on any atom is -0.497 e. The summed E-state index contributed by atoms with van der Waals surface area (Å²) < 4.78 is 15.8. The number of hydrogen-bond acceptors (Lipinski definition) is 7. The van der Waals surface area contributed by atoms with Gasteiger partial charge in [-0.2, -0.15) is 0 Å². The number of rotatable bonds is 11. The molecule has 0 aliphatic heterocycles. The van der Waals surface area contributed by atoms with Gasteiger partial charge in [-0.05, 0) is 68.7 Å². The highest BCUT2D eigenvalue weighted by atomic mass is 16.6. The fourth-order valence-corrected chi connectivity index (χ4v) is 3.86. The summed E-state index contributed by atoms with van der Waals surface area (Å²) in [6.45, 7) is 9.79. The highest BCUT2D eigenvalue weighted by molar-refractivity contribution is 5.71. The Bertz CT molecular complexity index is 1100. The standard InChI is InChI=1S/C27H33N3O4/c1-6-14-30(16-21-8-13-24(19(3)15-21)34-17-25(31)33-7-2)27-20(4)26(28-18-29-27)22-9-11-23(32-5)12-10-22/h8-13,15,18H,6-7,14,16-17H2,1-5H3. The number of benzene rings is 2. The minimum absolute atomic E-state index is 0.0930. The van der Waals surface area contributed by atoms with Crippen LogP contribution in [0.3, 0.4) is 0 Å². The van der Waals surface area contributed by atoms with E-state index in [-0.39, 0.29) is 12.6 Å². The van der Waals surface area contributed by atoms with Gasteiger partial charge in [-0.1, -0.05) is 19.1 Å². The second-order valence-electron chi connectivity index (χ2n) is 8.01. The number of methoxy groups -OCH3 is 1. The highest BCUT2D eigenvalue weighted by Crippen LogP contribution is 2.30. The lowest BCUT2D eigenvalue weighted by Gasteiger charge is -2.26. The second kappa shape index (κ2) is 12.0. The summed E-state index contributed by atoms with van der Waals surface area (Å²) in [5, 5.41) is 0. The maximum Gasteiger partial charge on any atom is 0.344 e. The predicted molar refractivity (Wildman–Crippen MR) is 133 cm³/mol. The molecule has 1 aromatic heterocycles. The Balaban J connectivity index is 1.81. The molecule has 0 spiro atoms. The lowest BCUT2D eigenvalue weighted by Crippen LogP contribution is -2.25. The number of hydrogen-bond donors (Lipinski definition) is 0. The first-order valence-corrected chi connectivity index (χ1v) is 11.6. The normalized spacial score (nSPS) is 10.6. The number of carbonyl (C=O) groups is 1. The van der Waals surface area contributed by atoms with E-state index in [4.69, 9.17) is 14.2 Å². The van der Waals surface area contributed by atoms with Crippen LogP contribution in [0.2, 0.25) is 0 Å². The Morgan fingerprint density at radius 3 is 2.44 bits per heavy atom. The molecule has 0 N–H and O–H groups in total. The molecule has 0 atom stereocenters. The topological polar surface area (TPSA) is 73.8 Å². The summed E-state index contributed by atoms with van der Waals surface area (Å²) in [4.78, 5) is 23.1. The van der Waals surface area contributed by atoms with Crippen LogP contribution in [0, 0.1) is 13.8 Å². The summed E-state index contributed by atoms with van der Waals surface area (Å²) in [7, 11) is 1.66. The molecule has 7 nitrogen and oxygen atoms in total. The van der Waals surface area contributed by atoms with Gasteiger partial charge < -0.3 is 19.1 Å². The molecule has 2 aromatic carbocycles. The van der Waals surface area contributed by atoms with E-state index in [0.717, 1.165) is 52.5 Å². The zero-order valence-corrected chi connectivity index (χ0v) is 20.6. The van der Waals surface area contributed by atoms with Crippen LogP contribution in [0.15, 0.2) is 48.8 Å². The Hall–Kier alpha value is -3.61. The predicted octanol–water partition coefficient (Wildman–Crippen LogP) is 5.13. The van der Waals surface area contributed by atoms with Gasteiger partial charge in [-0.3, -0.25) is 0 Å². The lowest BCUT2D eigenvalue weighted by atomic mass is 10.1. The van der Waals surface area contributed by atoms with E-state index in [1.165, 1.54) is 0 Å². The average Bonchev–Trinajstić information content (AvgIpc) is 2.84. The molecule has 0 aliphatic rings. The van der Waals surface area contributed by atoms with E-state index in [1.54, 1.807) is 20.4 Å². The maximum absolute atomic E-state index is 11.6. The molecule has 180 valence electrons. The number of carbonyl (C=O) groups excluding carboxylic acids is 1. The van der Waals surface area contributed by atoms with Gasteiger partial charge in [0.25, 0.3) is 0 Å². The van der Waals surface area contributed by atoms with Gasteiger partial charge >= 0.3 is 5.97 Å². The van der Waals surface area contributed by atoms with Crippen molar-refractivity contribution in [2.45, 2.75) is 40.7 Å². The van der Waals surface area contributed by atoms with Gasteiger partial charge in [-0.15, -0.1) is 0 Å². The van der Waals surface area contributed by atoms with Crippen LogP contribution in [-0.4, -0.2) is 42.8 Å². The molecule has 0 aliphatic carbocycles. The fraction of sp³-hybridized carbons (Fsp3) is 0.370. The number of aryl methyl sites for hydroxylation is 1. The molecule has 0 amide bonds. The van der Waals surface area contributed by atoms with Gasteiger partial charge in [0.1, 0.15) is 23.6 Å². The molecule has 0 saturated carbocycles. The Kier molecular flexibility index (Phi) is 8.85. The van der Waals surface area contributed by atoms with Gasteiger partial charge in [0, 0.05) is 24.2 Å². The van der Waals surface area contributed by atoms with Crippen LogP contribution in [0.5, 0.6) is 11.5 Å². The number of esters is 1. The van der Waals surface area contributed by atoms with Crippen LogP contribution >= 0.6 is 0 Å². The SMILES string of the molecule is CCCN(Cc1ccc(OCC(=O)OCC)c(C)c1)c1ncnc(-c2ccc(OC)cc2)c1C. The monoisotopic (exact) mass is 463 g/mol. The minimum atomic E-state index is -0.369. The van der Waals surface area contributed by atoms with Crippen LogP contribution in [0.1, 0.15) is 37.0 Å². The van der Waals surface area contributed by atoms with E-state index >= 15 is 0 Å². The number of anilines is 1. The van der Waals surface area contributed by atoms with Gasteiger partial charge in [0.15, 0.2) is 6.61 Å². The van der Waals surface area contributed by atoms with Crippen molar-refractivity contribution in [2.24, 2.45) is 0 Å². The zero-order chi connectivity index (χ0) is 24.5. The van der Waals surface area contributed by atoms with Crippen molar-refractivity contribution in [1.82, 2.24) is 9.97 Å². The Morgan fingerprint density at radius 1 is 1.03 bits per heavy atom. The van der Waals surface area contributed by atoms with Crippen LogP contribution in [-0.2, 0) is 16.1 Å². The Labute approximate surface area is 201 Å². The quantitative estimate of drug-likeness (QED) is 0.365. The smallest absolute Gasteiger partial charge is 0.344 e. The molecule has 3 aromatic rings. The summed E-state index contributed by atoms with van der Waals surface area (Å²) >= 11 is 0. The van der Waals surface area contributed by atoms with E-state index in [1.807, 2.05) is 43.3 Å². The molecule has 0 unspecified atom stereocenters. The average molecular weight is 464 g/mol. The molecule has 1 heterocycles. The van der Waals surface area contributed by atoms with Gasteiger partial charge in [0.05, 0.1) is 19.4 Å².